The van der Waals surface area contributed by atoms with Gasteiger partial charge in [-0.2, -0.15) is 0 Å². The number of hydrogen-bond donors (Lipinski definition) is 2. The van der Waals surface area contributed by atoms with E-state index in [9.17, 15) is 19.2 Å². The monoisotopic (exact) mass is 527 g/mol. The molecule has 0 saturated carbocycles. The highest BCUT2D eigenvalue weighted by atomic mass is 32.2. The Bertz CT molecular complexity index is 1070. The molecule has 3 heterocycles. The number of oxime groups is 1. The molecule has 2 aliphatic rings. The van der Waals surface area contributed by atoms with Gasteiger partial charge in [0, 0.05) is 18.2 Å². The van der Waals surface area contributed by atoms with Crippen LogP contribution in [-0.4, -0.2) is 84.1 Å². The number of nitrogen functional groups attached to an aromatic ring is 1. The first kappa shape index (κ1) is 26.4. The summed E-state index contributed by atoms with van der Waals surface area (Å²) in [5.41, 5.74) is 6.23. The zero-order valence-electron chi connectivity index (χ0n) is 19.4. The quantitative estimate of drug-likeness (QED) is 0.139. The van der Waals surface area contributed by atoms with Crippen LogP contribution in [0.2, 0.25) is 0 Å². The molecule has 0 spiro atoms. The van der Waals surface area contributed by atoms with Gasteiger partial charge in [-0.1, -0.05) is 19.0 Å². The molecule has 35 heavy (non-hydrogen) atoms. The maximum Gasteiger partial charge on any atom is 0.358 e. The lowest BCUT2D eigenvalue weighted by atomic mass is 10.0. The molecule has 0 radical (unpaired) electrons. The van der Waals surface area contributed by atoms with Gasteiger partial charge < -0.3 is 30.1 Å². The predicted molar refractivity (Wildman–Crippen MR) is 126 cm³/mol. The lowest BCUT2D eigenvalue weighted by molar-refractivity contribution is -0.170. The van der Waals surface area contributed by atoms with Crippen LogP contribution in [0.15, 0.2) is 21.8 Å². The Kier molecular flexibility index (Phi) is 8.69. The number of β-lactam (4-membered cyclic amide) rings is 1. The fraction of sp³-hybridized carbons (Fsp3) is 0.500. The molecule has 0 aliphatic carbocycles. The molecule has 1 aromatic heterocycles. The molecule has 1 unspecified atom stereocenters. The third-order valence-corrected chi connectivity index (χ3v) is 6.88. The van der Waals surface area contributed by atoms with E-state index in [1.807, 2.05) is 0 Å². The van der Waals surface area contributed by atoms with Crippen LogP contribution >= 0.6 is 23.1 Å². The number of nitrogens with zero attached hydrogens (tertiary/aromatic N) is 3. The van der Waals surface area contributed by atoms with Crippen LogP contribution < -0.4 is 11.1 Å². The second-order valence-electron chi connectivity index (χ2n) is 7.61. The second-order valence-corrected chi connectivity index (χ2v) is 9.60. The minimum atomic E-state index is -0.934. The van der Waals surface area contributed by atoms with Gasteiger partial charge in [0.1, 0.15) is 29.9 Å². The summed E-state index contributed by atoms with van der Waals surface area (Å²) in [6.07, 6.45) is 0. The Hall–Kier alpha value is -3.17. The van der Waals surface area contributed by atoms with Gasteiger partial charge in [0.2, 0.25) is 6.79 Å². The number of anilines is 1. The van der Waals surface area contributed by atoms with Gasteiger partial charge in [-0.05, 0) is 5.57 Å². The van der Waals surface area contributed by atoms with E-state index in [4.69, 9.17) is 24.8 Å². The first-order valence-electron chi connectivity index (χ1n) is 10.3. The van der Waals surface area contributed by atoms with Crippen molar-refractivity contribution in [2.24, 2.45) is 11.1 Å². The first-order valence-corrected chi connectivity index (χ1v) is 12.2. The molecule has 190 valence electrons. The highest BCUT2D eigenvalue weighted by molar-refractivity contribution is 8.00. The molecular weight excluding hydrogens is 502 g/mol. The van der Waals surface area contributed by atoms with E-state index in [2.05, 4.69) is 15.5 Å². The normalized spacial score (nSPS) is 19.7. The molecule has 1 fully saturated rings. The van der Waals surface area contributed by atoms with Gasteiger partial charge in [-0.3, -0.25) is 19.3 Å². The molecule has 1 aromatic rings. The Morgan fingerprint density at radius 1 is 1.31 bits per heavy atom. The lowest BCUT2D eigenvalue weighted by Gasteiger charge is -2.49. The Morgan fingerprint density at radius 2 is 2.06 bits per heavy atom. The fourth-order valence-electron chi connectivity index (χ4n) is 3.23. The van der Waals surface area contributed by atoms with E-state index in [1.54, 1.807) is 13.8 Å². The average molecular weight is 528 g/mol. The standard InChI is InChI=1S/C20H25N5O8S2/c1-9(2)18(28)32-8-33-19(29)14-10(5-30-3)6-34-17-13(16(27)25(14)17)23-15(26)12(24-31-4)11-7-35-20(21)22-11/h7,9,13,17H,5-6,8H2,1-4H3,(H2,21,22)(H,23,26)/t13?,17-/m0/s1. The predicted octanol–water partition coefficient (Wildman–Crippen LogP) is 0.0761. The third kappa shape index (κ3) is 5.74. The van der Waals surface area contributed by atoms with Crippen molar-refractivity contribution in [3.8, 4) is 0 Å². The SMILES string of the molecule is COCC1=C(C(=O)OCOC(=O)C(C)C)N2C(=O)C(NC(=O)C(=NOC)c3csc(N)n3)[C@@H]2SC1. The third-order valence-electron chi connectivity index (χ3n) is 4.87. The number of nitrogens with two attached hydrogens (primary N) is 1. The van der Waals surface area contributed by atoms with Gasteiger partial charge in [0.25, 0.3) is 11.8 Å². The number of carbonyl (C=O) groups excluding carboxylic acids is 4. The van der Waals surface area contributed by atoms with Gasteiger partial charge >= 0.3 is 11.9 Å². The molecule has 2 amide bonds. The number of nitrogens with one attached hydrogen (secondary N) is 1. The average Bonchev–Trinajstić information content (AvgIpc) is 3.26. The second kappa shape index (κ2) is 11.5. The van der Waals surface area contributed by atoms with Crippen molar-refractivity contribution in [2.75, 3.05) is 39.1 Å². The molecule has 0 bridgehead atoms. The number of thiazole rings is 1. The molecule has 0 aromatic carbocycles. The molecular formula is C20H25N5O8S2. The Balaban J connectivity index is 1.73. The van der Waals surface area contributed by atoms with E-state index >= 15 is 0 Å². The summed E-state index contributed by atoms with van der Waals surface area (Å²) >= 11 is 2.47. The molecule has 2 atom stereocenters. The van der Waals surface area contributed by atoms with Crippen LogP contribution in [0, 0.1) is 5.92 Å². The van der Waals surface area contributed by atoms with Crippen molar-refractivity contribution in [3.05, 3.63) is 22.3 Å². The van der Waals surface area contributed by atoms with Gasteiger partial charge in [-0.15, -0.1) is 23.1 Å². The fourth-order valence-corrected chi connectivity index (χ4v) is 5.11. The van der Waals surface area contributed by atoms with E-state index < -0.39 is 42.0 Å². The number of hydrogen-bond acceptors (Lipinski definition) is 13. The summed E-state index contributed by atoms with van der Waals surface area (Å²) < 4.78 is 15.1. The number of aromatic nitrogens is 1. The lowest BCUT2D eigenvalue weighted by Crippen LogP contribution is -2.71. The molecule has 3 N–H and O–H groups in total. The minimum absolute atomic E-state index is 0.00440. The zero-order chi connectivity index (χ0) is 25.7. The highest BCUT2D eigenvalue weighted by Crippen LogP contribution is 2.40. The number of thioether (sulfide) groups is 1. The van der Waals surface area contributed by atoms with Gasteiger partial charge in [0.05, 0.1) is 12.5 Å². The molecule has 1 saturated heterocycles. The summed E-state index contributed by atoms with van der Waals surface area (Å²) in [5.74, 6) is -2.61. The van der Waals surface area contributed by atoms with Crippen molar-refractivity contribution in [1.82, 2.24) is 15.2 Å². The van der Waals surface area contributed by atoms with Crippen molar-refractivity contribution in [3.63, 3.8) is 0 Å². The number of rotatable bonds is 10. The summed E-state index contributed by atoms with van der Waals surface area (Å²) in [7, 11) is 2.73. The Labute approximate surface area is 209 Å². The maximum atomic E-state index is 13.0. The Morgan fingerprint density at radius 3 is 2.66 bits per heavy atom. The van der Waals surface area contributed by atoms with Crippen molar-refractivity contribution in [2.45, 2.75) is 25.3 Å². The molecule has 2 aliphatic heterocycles. The van der Waals surface area contributed by atoms with Crippen LogP contribution in [-0.2, 0) is 38.2 Å². The highest BCUT2D eigenvalue weighted by Gasteiger charge is 2.54. The van der Waals surface area contributed by atoms with E-state index in [0.717, 1.165) is 11.3 Å². The topological polar surface area (TPSA) is 172 Å². The van der Waals surface area contributed by atoms with Crippen molar-refractivity contribution < 1.29 is 38.2 Å². The van der Waals surface area contributed by atoms with Crippen molar-refractivity contribution >= 4 is 57.7 Å². The van der Waals surface area contributed by atoms with Crippen molar-refractivity contribution in [1.29, 1.82) is 0 Å². The molecule has 3 rings (SSSR count). The number of carbonyl (C=O) groups is 4. The minimum Gasteiger partial charge on any atom is -0.428 e. The number of fused-ring (bicyclic) bond motifs is 1. The summed E-state index contributed by atoms with van der Waals surface area (Å²) in [4.78, 5) is 60.3. The van der Waals surface area contributed by atoms with E-state index in [1.165, 1.54) is 36.3 Å². The van der Waals surface area contributed by atoms with Crippen LogP contribution in [0.3, 0.4) is 0 Å². The zero-order valence-corrected chi connectivity index (χ0v) is 21.1. The summed E-state index contributed by atoms with van der Waals surface area (Å²) in [6.45, 7) is 2.79. The van der Waals surface area contributed by atoms with Gasteiger partial charge in [-0.25, -0.2) is 9.78 Å². The maximum absolute atomic E-state index is 13.0. The van der Waals surface area contributed by atoms with Gasteiger partial charge in [0.15, 0.2) is 10.8 Å². The van der Waals surface area contributed by atoms with Crippen LogP contribution in [0.25, 0.3) is 0 Å². The summed E-state index contributed by atoms with van der Waals surface area (Å²) in [6, 6.07) is -0.934. The van der Waals surface area contributed by atoms with Crippen LogP contribution in [0.1, 0.15) is 19.5 Å². The van der Waals surface area contributed by atoms with E-state index in [-0.39, 0.29) is 34.8 Å². The van der Waals surface area contributed by atoms with Crippen LogP contribution in [0.5, 0.6) is 0 Å². The van der Waals surface area contributed by atoms with Crippen LogP contribution in [0.4, 0.5) is 5.13 Å². The first-order chi connectivity index (χ1) is 16.7. The smallest absolute Gasteiger partial charge is 0.358 e. The van der Waals surface area contributed by atoms with E-state index in [0.29, 0.717) is 11.3 Å². The summed E-state index contributed by atoms with van der Waals surface area (Å²) in [5, 5.41) is 7.54. The number of esters is 2. The number of ether oxygens (including phenoxy) is 3. The largest absolute Gasteiger partial charge is 0.428 e. The number of methoxy groups -OCH3 is 1. The molecule has 13 nitrogen and oxygen atoms in total. The molecule has 15 heteroatoms. The number of amides is 2.